The van der Waals surface area contributed by atoms with Crippen molar-refractivity contribution in [2.45, 2.75) is 26.2 Å². The predicted molar refractivity (Wildman–Crippen MR) is 111 cm³/mol. The maximum Gasteiger partial charge on any atom is 0.274 e. The second-order valence-electron chi connectivity index (χ2n) is 7.40. The first kappa shape index (κ1) is 19.4. The number of anilines is 3. The summed E-state index contributed by atoms with van der Waals surface area (Å²) < 4.78 is 5.12. The van der Waals surface area contributed by atoms with Crippen molar-refractivity contribution in [2.75, 3.05) is 17.7 Å². The number of nitrogens with zero attached hydrogens (tertiary/aromatic N) is 2. The van der Waals surface area contributed by atoms with E-state index in [1.165, 1.54) is 5.56 Å². The Morgan fingerprint density at radius 3 is 2.18 bits per heavy atom. The molecular formula is C22H24N4O2. The van der Waals surface area contributed by atoms with Gasteiger partial charge in [0.1, 0.15) is 11.4 Å². The second kappa shape index (κ2) is 8.08. The number of hydrogen-bond acceptors (Lipinski definition) is 5. The molecule has 1 heterocycles. The van der Waals surface area contributed by atoms with E-state index in [1.54, 1.807) is 43.6 Å². The van der Waals surface area contributed by atoms with Crippen LogP contribution in [0.3, 0.4) is 0 Å². The highest BCUT2D eigenvalue weighted by atomic mass is 16.5. The van der Waals surface area contributed by atoms with Gasteiger partial charge in [-0.25, -0.2) is 9.97 Å². The van der Waals surface area contributed by atoms with Crippen LogP contribution in [0.25, 0.3) is 0 Å². The number of carbonyl (C=O) groups is 1. The molecule has 0 unspecified atom stereocenters. The highest BCUT2D eigenvalue weighted by molar-refractivity contribution is 6.03. The van der Waals surface area contributed by atoms with Gasteiger partial charge in [0.05, 0.1) is 7.11 Å². The smallest absolute Gasteiger partial charge is 0.274 e. The highest BCUT2D eigenvalue weighted by Crippen LogP contribution is 2.24. The number of carbonyl (C=O) groups excluding carboxylic acids is 1. The van der Waals surface area contributed by atoms with Crippen LogP contribution in [0.4, 0.5) is 17.3 Å². The van der Waals surface area contributed by atoms with Crippen LogP contribution in [0.15, 0.2) is 60.8 Å². The summed E-state index contributed by atoms with van der Waals surface area (Å²) >= 11 is 0. The largest absolute Gasteiger partial charge is 0.497 e. The fourth-order valence-corrected chi connectivity index (χ4v) is 2.60. The lowest BCUT2D eigenvalue weighted by molar-refractivity contribution is 0.102. The van der Waals surface area contributed by atoms with Gasteiger partial charge in [-0.05, 0) is 53.4 Å². The third kappa shape index (κ3) is 4.85. The molecule has 2 aromatic carbocycles. The molecule has 144 valence electrons. The number of rotatable bonds is 5. The zero-order valence-electron chi connectivity index (χ0n) is 16.5. The summed E-state index contributed by atoms with van der Waals surface area (Å²) in [5.74, 6) is 0.786. The Kier molecular flexibility index (Phi) is 5.59. The Hall–Kier alpha value is -3.41. The molecule has 0 atom stereocenters. The van der Waals surface area contributed by atoms with E-state index >= 15 is 0 Å². The van der Waals surface area contributed by atoms with E-state index in [9.17, 15) is 4.79 Å². The van der Waals surface area contributed by atoms with Gasteiger partial charge in [0.15, 0.2) is 0 Å². The van der Waals surface area contributed by atoms with Crippen molar-refractivity contribution in [1.82, 2.24) is 9.97 Å². The van der Waals surface area contributed by atoms with Crippen molar-refractivity contribution in [1.29, 1.82) is 0 Å². The topological polar surface area (TPSA) is 76.1 Å². The number of nitrogens with one attached hydrogen (secondary N) is 2. The molecule has 0 aliphatic carbocycles. The molecule has 3 rings (SSSR count). The predicted octanol–water partition coefficient (Wildman–Crippen LogP) is 4.78. The molecule has 2 N–H and O–H groups in total. The first-order valence-electron chi connectivity index (χ1n) is 9.01. The first-order chi connectivity index (χ1) is 13.3. The number of amides is 1. The molecule has 0 bridgehead atoms. The molecule has 0 saturated heterocycles. The number of methoxy groups -OCH3 is 1. The van der Waals surface area contributed by atoms with Crippen LogP contribution < -0.4 is 15.4 Å². The first-order valence-corrected chi connectivity index (χ1v) is 9.01. The van der Waals surface area contributed by atoms with Crippen LogP contribution >= 0.6 is 0 Å². The zero-order valence-corrected chi connectivity index (χ0v) is 16.5. The molecule has 0 aliphatic rings. The Morgan fingerprint density at radius 2 is 1.57 bits per heavy atom. The molecule has 0 spiro atoms. The van der Waals surface area contributed by atoms with Gasteiger partial charge in [-0.2, -0.15) is 0 Å². The summed E-state index contributed by atoms with van der Waals surface area (Å²) in [5.41, 5.74) is 3.14. The third-order valence-electron chi connectivity index (χ3n) is 4.24. The lowest BCUT2D eigenvalue weighted by atomic mass is 9.87. The van der Waals surface area contributed by atoms with E-state index in [2.05, 4.69) is 53.5 Å². The van der Waals surface area contributed by atoms with E-state index in [1.807, 2.05) is 12.1 Å². The standard InChI is InChI=1S/C22H24N4O2/c1-22(2,3)15-5-7-17(8-6-15)25-21-23-14-13-19(26-21)20(27)24-16-9-11-18(28-4)12-10-16/h5-14H,1-4H3,(H,24,27)(H,23,25,26). The second-order valence-corrected chi connectivity index (χ2v) is 7.40. The summed E-state index contributed by atoms with van der Waals surface area (Å²) in [5, 5.41) is 5.95. The monoisotopic (exact) mass is 376 g/mol. The Morgan fingerprint density at radius 1 is 0.929 bits per heavy atom. The van der Waals surface area contributed by atoms with Crippen molar-refractivity contribution >= 4 is 23.2 Å². The van der Waals surface area contributed by atoms with E-state index in [-0.39, 0.29) is 17.0 Å². The number of hydrogen-bond donors (Lipinski definition) is 2. The van der Waals surface area contributed by atoms with E-state index in [0.29, 0.717) is 11.6 Å². The van der Waals surface area contributed by atoms with Crippen molar-refractivity contribution in [3.63, 3.8) is 0 Å². The van der Waals surface area contributed by atoms with Gasteiger partial charge in [0.2, 0.25) is 5.95 Å². The Bertz CT molecular complexity index is 946. The molecule has 1 aromatic heterocycles. The van der Waals surface area contributed by atoms with E-state index in [4.69, 9.17) is 4.74 Å². The number of aromatic nitrogens is 2. The van der Waals surface area contributed by atoms with Crippen LogP contribution in [0.5, 0.6) is 5.75 Å². The van der Waals surface area contributed by atoms with E-state index in [0.717, 1.165) is 11.4 Å². The van der Waals surface area contributed by atoms with Gasteiger partial charge in [0, 0.05) is 17.6 Å². The van der Waals surface area contributed by atoms with Gasteiger partial charge in [-0.1, -0.05) is 32.9 Å². The molecule has 0 saturated carbocycles. The van der Waals surface area contributed by atoms with Crippen LogP contribution in [-0.2, 0) is 5.41 Å². The minimum atomic E-state index is -0.307. The molecule has 3 aromatic rings. The molecule has 28 heavy (non-hydrogen) atoms. The third-order valence-corrected chi connectivity index (χ3v) is 4.24. The summed E-state index contributed by atoms with van der Waals surface area (Å²) in [4.78, 5) is 21.0. The zero-order chi connectivity index (χ0) is 20.1. The van der Waals surface area contributed by atoms with Crippen LogP contribution in [-0.4, -0.2) is 23.0 Å². The minimum absolute atomic E-state index is 0.0918. The minimum Gasteiger partial charge on any atom is -0.497 e. The van der Waals surface area contributed by atoms with Gasteiger partial charge < -0.3 is 15.4 Å². The van der Waals surface area contributed by atoms with Crippen LogP contribution in [0, 0.1) is 0 Å². The van der Waals surface area contributed by atoms with Crippen LogP contribution in [0.1, 0.15) is 36.8 Å². The van der Waals surface area contributed by atoms with Crippen molar-refractivity contribution < 1.29 is 9.53 Å². The highest BCUT2D eigenvalue weighted by Gasteiger charge is 2.13. The summed E-state index contributed by atoms with van der Waals surface area (Å²) in [6, 6.07) is 16.8. The van der Waals surface area contributed by atoms with E-state index < -0.39 is 0 Å². The molecule has 1 amide bonds. The molecular weight excluding hydrogens is 352 g/mol. The molecule has 0 fully saturated rings. The SMILES string of the molecule is COc1ccc(NC(=O)c2ccnc(Nc3ccc(C(C)(C)C)cc3)n2)cc1. The summed E-state index contributed by atoms with van der Waals surface area (Å²) in [7, 11) is 1.60. The van der Waals surface area contributed by atoms with Gasteiger partial charge >= 0.3 is 0 Å². The average Bonchev–Trinajstić information content (AvgIpc) is 2.68. The fourth-order valence-electron chi connectivity index (χ4n) is 2.60. The average molecular weight is 376 g/mol. The molecule has 0 aliphatic heterocycles. The maximum atomic E-state index is 12.5. The van der Waals surface area contributed by atoms with Crippen molar-refractivity contribution in [2.24, 2.45) is 0 Å². The van der Waals surface area contributed by atoms with Gasteiger partial charge in [-0.15, -0.1) is 0 Å². The van der Waals surface area contributed by atoms with Crippen LogP contribution in [0.2, 0.25) is 0 Å². The molecule has 0 radical (unpaired) electrons. The molecule has 6 nitrogen and oxygen atoms in total. The Labute approximate surface area is 165 Å². The van der Waals surface area contributed by atoms with Crippen molar-refractivity contribution in [3.8, 4) is 5.75 Å². The van der Waals surface area contributed by atoms with Gasteiger partial charge in [0.25, 0.3) is 5.91 Å². The number of ether oxygens (including phenoxy) is 1. The molecule has 6 heteroatoms. The maximum absolute atomic E-state index is 12.5. The lowest BCUT2D eigenvalue weighted by Crippen LogP contribution is -2.14. The number of benzene rings is 2. The fraction of sp³-hybridized carbons (Fsp3) is 0.227. The quantitative estimate of drug-likeness (QED) is 0.670. The summed E-state index contributed by atoms with van der Waals surface area (Å²) in [6.07, 6.45) is 1.56. The summed E-state index contributed by atoms with van der Waals surface area (Å²) in [6.45, 7) is 6.51. The Balaban J connectivity index is 1.70. The van der Waals surface area contributed by atoms with Gasteiger partial charge in [-0.3, -0.25) is 4.79 Å². The normalized spacial score (nSPS) is 11.0. The lowest BCUT2D eigenvalue weighted by Gasteiger charge is -2.19. The van der Waals surface area contributed by atoms with Crippen molar-refractivity contribution in [3.05, 3.63) is 72.1 Å².